The van der Waals surface area contributed by atoms with E-state index in [4.69, 9.17) is 4.18 Å². The molecule has 2 aromatic rings. The first-order valence-electron chi connectivity index (χ1n) is 7.66. The number of carbonyl (C=O) groups excluding carboxylic acids is 1. The molecule has 9 nitrogen and oxygen atoms in total. The number of benzene rings is 2. The Balaban J connectivity index is 1.74. The SMILES string of the molecule is O=C1CN(c2ccc(S(=O)(=O)Oc3ccc([N+](=O)[O-])cc3)cc2)CCN1. The van der Waals surface area contributed by atoms with Crippen LogP contribution in [0.3, 0.4) is 0 Å². The Bertz CT molecular complexity index is 925. The number of nitrogens with zero attached hydrogens (tertiary/aromatic N) is 2. The molecule has 1 aliphatic heterocycles. The minimum absolute atomic E-state index is 0.0209. The normalized spacial score (nSPS) is 14.6. The van der Waals surface area contributed by atoms with Gasteiger partial charge < -0.3 is 14.4 Å². The van der Waals surface area contributed by atoms with Gasteiger partial charge in [-0.3, -0.25) is 14.9 Å². The van der Waals surface area contributed by atoms with Gasteiger partial charge in [-0.1, -0.05) is 0 Å². The second kappa shape index (κ2) is 7.00. The van der Waals surface area contributed by atoms with Gasteiger partial charge in [0.05, 0.1) is 11.5 Å². The highest BCUT2D eigenvalue weighted by molar-refractivity contribution is 7.87. The summed E-state index contributed by atoms with van der Waals surface area (Å²) in [5, 5.41) is 13.3. The van der Waals surface area contributed by atoms with E-state index < -0.39 is 15.0 Å². The molecule has 1 N–H and O–H groups in total. The Hall–Kier alpha value is -3.14. The second-order valence-electron chi connectivity index (χ2n) is 5.55. The molecule has 10 heteroatoms. The highest BCUT2D eigenvalue weighted by Crippen LogP contribution is 2.23. The molecule has 2 aromatic carbocycles. The first-order valence-corrected chi connectivity index (χ1v) is 9.07. The fourth-order valence-corrected chi connectivity index (χ4v) is 3.41. The number of non-ortho nitro benzene ring substituents is 1. The van der Waals surface area contributed by atoms with Crippen LogP contribution in [0.1, 0.15) is 0 Å². The van der Waals surface area contributed by atoms with Crippen LogP contribution < -0.4 is 14.4 Å². The molecule has 1 heterocycles. The molecule has 1 aliphatic rings. The molecule has 0 bridgehead atoms. The Kier molecular flexibility index (Phi) is 4.76. The molecule has 136 valence electrons. The third-order valence-corrected chi connectivity index (χ3v) is 5.04. The summed E-state index contributed by atoms with van der Waals surface area (Å²) in [4.78, 5) is 23.3. The number of hydrogen-bond acceptors (Lipinski definition) is 7. The molecule has 0 aromatic heterocycles. The number of anilines is 1. The maximum atomic E-state index is 12.3. The average Bonchev–Trinajstić information content (AvgIpc) is 2.62. The summed E-state index contributed by atoms with van der Waals surface area (Å²) in [7, 11) is -4.07. The van der Waals surface area contributed by atoms with Crippen LogP contribution in [-0.4, -0.2) is 38.9 Å². The predicted molar refractivity (Wildman–Crippen MR) is 92.6 cm³/mol. The molecule has 1 amide bonds. The van der Waals surface area contributed by atoms with E-state index in [1.54, 1.807) is 12.1 Å². The number of nitro groups is 1. The molecule has 26 heavy (non-hydrogen) atoms. The largest absolute Gasteiger partial charge is 0.379 e. The summed E-state index contributed by atoms with van der Waals surface area (Å²) in [6.07, 6.45) is 0. The van der Waals surface area contributed by atoms with Gasteiger partial charge in [-0.25, -0.2) is 0 Å². The van der Waals surface area contributed by atoms with Gasteiger partial charge in [0, 0.05) is 30.9 Å². The van der Waals surface area contributed by atoms with E-state index in [1.807, 2.05) is 4.90 Å². The van der Waals surface area contributed by atoms with Crippen LogP contribution in [0, 0.1) is 10.1 Å². The van der Waals surface area contributed by atoms with Gasteiger partial charge in [0.25, 0.3) is 5.69 Å². The zero-order valence-electron chi connectivity index (χ0n) is 13.5. The number of amides is 1. The van der Waals surface area contributed by atoms with E-state index in [2.05, 4.69) is 5.32 Å². The number of rotatable bonds is 5. The minimum atomic E-state index is -4.07. The van der Waals surface area contributed by atoms with Crippen molar-refractivity contribution in [2.24, 2.45) is 0 Å². The van der Waals surface area contributed by atoms with Crippen molar-refractivity contribution in [2.75, 3.05) is 24.5 Å². The zero-order chi connectivity index (χ0) is 18.7. The van der Waals surface area contributed by atoms with Crippen LogP contribution in [0.15, 0.2) is 53.4 Å². The number of carbonyl (C=O) groups is 1. The zero-order valence-corrected chi connectivity index (χ0v) is 14.3. The van der Waals surface area contributed by atoms with Crippen LogP contribution in [0.25, 0.3) is 0 Å². The molecule has 0 spiro atoms. The van der Waals surface area contributed by atoms with Crippen LogP contribution in [-0.2, 0) is 14.9 Å². The fourth-order valence-electron chi connectivity index (χ4n) is 2.48. The molecule has 0 unspecified atom stereocenters. The van der Waals surface area contributed by atoms with Gasteiger partial charge in [-0.2, -0.15) is 8.42 Å². The highest BCUT2D eigenvalue weighted by Gasteiger charge is 2.20. The molecule has 1 saturated heterocycles. The lowest BCUT2D eigenvalue weighted by Crippen LogP contribution is -2.47. The quantitative estimate of drug-likeness (QED) is 0.474. The van der Waals surface area contributed by atoms with E-state index in [1.165, 1.54) is 24.3 Å². The third kappa shape index (κ3) is 3.91. The Morgan fingerprint density at radius 2 is 1.73 bits per heavy atom. The number of hydrogen-bond donors (Lipinski definition) is 1. The second-order valence-corrected chi connectivity index (χ2v) is 7.10. The summed E-state index contributed by atoms with van der Waals surface area (Å²) >= 11 is 0. The highest BCUT2D eigenvalue weighted by atomic mass is 32.2. The Morgan fingerprint density at radius 1 is 1.08 bits per heavy atom. The summed E-state index contributed by atoms with van der Waals surface area (Å²) in [6, 6.07) is 10.7. The molecule has 0 atom stereocenters. The Labute approximate surface area is 149 Å². The standard InChI is InChI=1S/C16H15N3O6S/c20-16-11-18(10-9-17-16)12-3-7-15(8-4-12)26(23,24)25-14-5-1-13(2-6-14)19(21)22/h1-8H,9-11H2,(H,17,20). The number of nitrogens with one attached hydrogen (secondary N) is 1. The fraction of sp³-hybridized carbons (Fsp3) is 0.188. The van der Waals surface area contributed by atoms with Gasteiger partial charge in [0.2, 0.25) is 5.91 Å². The van der Waals surface area contributed by atoms with Crippen molar-refractivity contribution in [2.45, 2.75) is 4.90 Å². The van der Waals surface area contributed by atoms with E-state index in [0.717, 1.165) is 17.8 Å². The first-order chi connectivity index (χ1) is 12.3. The smallest absolute Gasteiger partial charge is 0.339 e. The summed E-state index contributed by atoms with van der Waals surface area (Å²) in [5.74, 6) is -0.109. The lowest BCUT2D eigenvalue weighted by Gasteiger charge is -2.28. The molecule has 0 aliphatic carbocycles. The lowest BCUT2D eigenvalue weighted by atomic mass is 10.2. The van der Waals surface area contributed by atoms with E-state index in [9.17, 15) is 23.3 Å². The van der Waals surface area contributed by atoms with Crippen molar-refractivity contribution in [3.05, 3.63) is 58.6 Å². The van der Waals surface area contributed by atoms with E-state index in [-0.39, 0.29) is 28.8 Å². The van der Waals surface area contributed by atoms with Gasteiger partial charge in [-0.05, 0) is 36.4 Å². The third-order valence-electron chi connectivity index (χ3n) is 3.78. The number of piperazine rings is 1. The van der Waals surface area contributed by atoms with Gasteiger partial charge in [0.1, 0.15) is 10.6 Å². The monoisotopic (exact) mass is 377 g/mol. The molecular formula is C16H15N3O6S. The van der Waals surface area contributed by atoms with Crippen molar-refractivity contribution in [3.8, 4) is 5.75 Å². The van der Waals surface area contributed by atoms with Crippen molar-refractivity contribution in [3.63, 3.8) is 0 Å². The maximum absolute atomic E-state index is 12.3. The maximum Gasteiger partial charge on any atom is 0.339 e. The lowest BCUT2D eigenvalue weighted by molar-refractivity contribution is -0.384. The van der Waals surface area contributed by atoms with Gasteiger partial charge >= 0.3 is 10.1 Å². The topological polar surface area (TPSA) is 119 Å². The summed E-state index contributed by atoms with van der Waals surface area (Å²) in [5.41, 5.74) is 0.568. The summed E-state index contributed by atoms with van der Waals surface area (Å²) < 4.78 is 29.6. The molecule has 1 fully saturated rings. The van der Waals surface area contributed by atoms with Crippen LogP contribution in [0.2, 0.25) is 0 Å². The molecule has 3 rings (SSSR count). The van der Waals surface area contributed by atoms with Gasteiger partial charge in [0.15, 0.2) is 0 Å². The van der Waals surface area contributed by atoms with Gasteiger partial charge in [-0.15, -0.1) is 0 Å². The van der Waals surface area contributed by atoms with Crippen LogP contribution >= 0.6 is 0 Å². The molecular weight excluding hydrogens is 362 g/mol. The molecule has 0 saturated carbocycles. The molecule has 0 radical (unpaired) electrons. The van der Waals surface area contributed by atoms with Crippen LogP contribution in [0.4, 0.5) is 11.4 Å². The van der Waals surface area contributed by atoms with E-state index >= 15 is 0 Å². The first kappa shape index (κ1) is 17.7. The van der Waals surface area contributed by atoms with Crippen LogP contribution in [0.5, 0.6) is 5.75 Å². The minimum Gasteiger partial charge on any atom is -0.379 e. The van der Waals surface area contributed by atoms with E-state index in [0.29, 0.717) is 13.1 Å². The summed E-state index contributed by atoms with van der Waals surface area (Å²) in [6.45, 7) is 1.38. The van der Waals surface area contributed by atoms with Crippen molar-refractivity contribution in [1.29, 1.82) is 0 Å². The Morgan fingerprint density at radius 3 is 2.31 bits per heavy atom. The van der Waals surface area contributed by atoms with Crippen molar-refractivity contribution >= 4 is 27.4 Å². The predicted octanol–water partition coefficient (Wildman–Crippen LogP) is 1.30. The number of nitro benzene ring substituents is 1. The average molecular weight is 377 g/mol. The van der Waals surface area contributed by atoms with Crippen molar-refractivity contribution < 1.29 is 22.3 Å². The van der Waals surface area contributed by atoms with Crippen molar-refractivity contribution in [1.82, 2.24) is 5.32 Å².